The fourth-order valence-electron chi connectivity index (χ4n) is 4.62. The molecule has 7 nitrogen and oxygen atoms in total. The van der Waals surface area contributed by atoms with Crippen LogP contribution < -0.4 is 15.2 Å². The van der Waals surface area contributed by atoms with Crippen LogP contribution in [0, 0.1) is 6.92 Å². The Balaban J connectivity index is 1.82. The van der Waals surface area contributed by atoms with Crippen molar-refractivity contribution in [3.63, 3.8) is 0 Å². The van der Waals surface area contributed by atoms with Crippen molar-refractivity contribution in [2.24, 2.45) is 0 Å². The van der Waals surface area contributed by atoms with E-state index in [-0.39, 0.29) is 13.2 Å². The Morgan fingerprint density at radius 1 is 0.600 bits per heavy atom. The summed E-state index contributed by atoms with van der Waals surface area (Å²) >= 11 is 0. The molecule has 0 aromatic heterocycles. The van der Waals surface area contributed by atoms with Crippen LogP contribution in [0.15, 0.2) is 72.8 Å². The molecule has 0 saturated carbocycles. The maximum atomic E-state index is 9.89. The molecule has 0 aliphatic heterocycles. The van der Waals surface area contributed by atoms with Crippen LogP contribution in [0.3, 0.4) is 0 Å². The van der Waals surface area contributed by atoms with Crippen molar-refractivity contribution in [3.8, 4) is 34.1 Å². The molecule has 0 aliphatic carbocycles. The van der Waals surface area contributed by atoms with Gasteiger partial charge in [0.1, 0.15) is 23.0 Å². The predicted molar refractivity (Wildman–Crippen MR) is 157 cm³/mol. The summed E-state index contributed by atoms with van der Waals surface area (Å²) in [5, 5.41) is 19.8. The fourth-order valence-corrected chi connectivity index (χ4v) is 4.62. The Labute approximate surface area is 235 Å². The molecular formula is C33H37NO6. The molecule has 0 saturated heterocycles. The number of hydrogen-bond donors (Lipinski definition) is 3. The maximum Gasteiger partial charge on any atom is 0.138 e. The molecule has 0 heterocycles. The van der Waals surface area contributed by atoms with Gasteiger partial charge >= 0.3 is 0 Å². The van der Waals surface area contributed by atoms with Gasteiger partial charge in [0, 0.05) is 44.2 Å². The Morgan fingerprint density at radius 2 is 1.00 bits per heavy atom. The molecule has 4 aromatic rings. The van der Waals surface area contributed by atoms with Crippen molar-refractivity contribution >= 4 is 5.69 Å². The lowest BCUT2D eigenvalue weighted by Gasteiger charge is -2.20. The second kappa shape index (κ2) is 14.0. The molecule has 4 N–H and O–H groups in total. The van der Waals surface area contributed by atoms with E-state index in [1.54, 1.807) is 26.4 Å². The van der Waals surface area contributed by atoms with Gasteiger partial charge in [-0.15, -0.1) is 0 Å². The van der Waals surface area contributed by atoms with Gasteiger partial charge < -0.3 is 34.9 Å². The number of ether oxygens (including phenoxy) is 4. The van der Waals surface area contributed by atoms with E-state index in [9.17, 15) is 10.2 Å². The Bertz CT molecular complexity index is 1240. The number of anilines is 1. The quantitative estimate of drug-likeness (QED) is 0.173. The molecule has 0 amide bonds. The van der Waals surface area contributed by atoms with E-state index in [1.165, 1.54) is 0 Å². The zero-order chi connectivity index (χ0) is 28.5. The standard InChI is InChI=1S/C33H37NO6/c1-22-4-8-30(9-5-22)39-32-23(12-14-35)16-25(17-24(32)13-15-36)26-18-27(20-37-2)33(28(19-26)21-38-3)40-31-10-6-29(34)7-11-31/h4-11,16-19,35-36H,12-15,20-21,34H2,1-3H3. The first-order chi connectivity index (χ1) is 19.4. The van der Waals surface area contributed by atoms with Crippen LogP contribution in [-0.4, -0.2) is 37.6 Å². The van der Waals surface area contributed by atoms with Gasteiger partial charge in [-0.2, -0.15) is 0 Å². The van der Waals surface area contributed by atoms with Gasteiger partial charge in [-0.1, -0.05) is 17.7 Å². The highest BCUT2D eigenvalue weighted by Crippen LogP contribution is 2.39. The van der Waals surface area contributed by atoms with Crippen molar-refractivity contribution in [2.45, 2.75) is 33.0 Å². The zero-order valence-corrected chi connectivity index (χ0v) is 23.3. The van der Waals surface area contributed by atoms with Crippen molar-refractivity contribution in [2.75, 3.05) is 33.2 Å². The van der Waals surface area contributed by atoms with E-state index in [0.29, 0.717) is 54.7 Å². The minimum atomic E-state index is -0.0372. The van der Waals surface area contributed by atoms with E-state index >= 15 is 0 Å². The van der Waals surface area contributed by atoms with Gasteiger partial charge in [0.25, 0.3) is 0 Å². The summed E-state index contributed by atoms with van der Waals surface area (Å²) < 4.78 is 23.7. The highest BCUT2D eigenvalue weighted by atomic mass is 16.5. The van der Waals surface area contributed by atoms with Crippen LogP contribution in [0.5, 0.6) is 23.0 Å². The van der Waals surface area contributed by atoms with Crippen molar-refractivity contribution in [1.29, 1.82) is 0 Å². The SMILES string of the molecule is COCc1cc(-c2cc(CCO)c(Oc3ccc(C)cc3)c(CCO)c2)cc(COC)c1Oc1ccc(N)cc1. The van der Waals surface area contributed by atoms with E-state index in [4.69, 9.17) is 24.7 Å². The van der Waals surface area contributed by atoms with Gasteiger partial charge in [-0.05, 0) is 103 Å². The molecule has 7 heteroatoms. The van der Waals surface area contributed by atoms with Gasteiger partial charge in [-0.3, -0.25) is 0 Å². The number of nitrogen functional groups attached to an aromatic ring is 1. The number of aliphatic hydroxyl groups is 2. The highest BCUT2D eigenvalue weighted by molar-refractivity contribution is 5.71. The van der Waals surface area contributed by atoms with Crippen molar-refractivity contribution < 1.29 is 29.2 Å². The molecule has 0 unspecified atom stereocenters. The Morgan fingerprint density at radius 3 is 1.43 bits per heavy atom. The fraction of sp³-hybridized carbons (Fsp3) is 0.273. The third kappa shape index (κ3) is 7.20. The molecule has 4 rings (SSSR count). The van der Waals surface area contributed by atoms with E-state index < -0.39 is 0 Å². The molecule has 40 heavy (non-hydrogen) atoms. The first-order valence-corrected chi connectivity index (χ1v) is 13.2. The third-order valence-electron chi connectivity index (χ3n) is 6.52. The van der Waals surface area contributed by atoms with Crippen LogP contribution >= 0.6 is 0 Å². The van der Waals surface area contributed by atoms with Crippen LogP contribution in [-0.2, 0) is 35.5 Å². The lowest BCUT2D eigenvalue weighted by molar-refractivity contribution is 0.175. The highest BCUT2D eigenvalue weighted by Gasteiger charge is 2.18. The van der Waals surface area contributed by atoms with Gasteiger partial charge in [-0.25, -0.2) is 0 Å². The predicted octanol–water partition coefficient (Wildman–Crippen LogP) is 6.19. The maximum absolute atomic E-state index is 9.89. The molecule has 0 radical (unpaired) electrons. The van der Waals surface area contributed by atoms with Gasteiger partial charge in [0.2, 0.25) is 0 Å². The monoisotopic (exact) mass is 543 g/mol. The minimum absolute atomic E-state index is 0.0372. The van der Waals surface area contributed by atoms with E-state index in [0.717, 1.165) is 38.9 Å². The summed E-state index contributed by atoms with van der Waals surface area (Å²) in [4.78, 5) is 0. The number of aliphatic hydroxyl groups excluding tert-OH is 2. The molecule has 0 spiro atoms. The lowest BCUT2D eigenvalue weighted by atomic mass is 9.93. The second-order valence-electron chi connectivity index (χ2n) is 9.65. The van der Waals surface area contributed by atoms with Crippen LogP contribution in [0.2, 0.25) is 0 Å². The van der Waals surface area contributed by atoms with E-state index in [1.807, 2.05) is 67.6 Å². The molecule has 0 bridgehead atoms. The number of rotatable bonds is 13. The lowest BCUT2D eigenvalue weighted by Crippen LogP contribution is -2.04. The zero-order valence-electron chi connectivity index (χ0n) is 23.3. The van der Waals surface area contributed by atoms with Crippen LogP contribution in [0.1, 0.15) is 27.8 Å². The average Bonchev–Trinajstić information content (AvgIpc) is 2.94. The number of hydrogen-bond acceptors (Lipinski definition) is 7. The molecule has 0 atom stereocenters. The molecule has 4 aromatic carbocycles. The first-order valence-electron chi connectivity index (χ1n) is 13.2. The number of benzene rings is 4. The van der Waals surface area contributed by atoms with Gasteiger partial charge in [0.15, 0.2) is 0 Å². The average molecular weight is 544 g/mol. The number of nitrogens with two attached hydrogens (primary N) is 1. The summed E-state index contributed by atoms with van der Waals surface area (Å²) in [6.07, 6.45) is 0.809. The Kier molecular flexibility index (Phi) is 10.2. The molecule has 210 valence electrons. The van der Waals surface area contributed by atoms with Crippen LogP contribution in [0.4, 0.5) is 5.69 Å². The third-order valence-corrected chi connectivity index (χ3v) is 6.52. The number of methoxy groups -OCH3 is 2. The summed E-state index contributed by atoms with van der Waals surface area (Å²) in [6, 6.07) is 23.2. The second-order valence-corrected chi connectivity index (χ2v) is 9.65. The first kappa shape index (κ1) is 29.1. The van der Waals surface area contributed by atoms with E-state index in [2.05, 4.69) is 0 Å². The molecular weight excluding hydrogens is 506 g/mol. The minimum Gasteiger partial charge on any atom is -0.457 e. The normalized spacial score (nSPS) is 11.0. The summed E-state index contributed by atoms with van der Waals surface area (Å²) in [5.41, 5.74) is 12.9. The Hall–Kier alpha value is -3.88. The molecule has 0 fully saturated rings. The smallest absolute Gasteiger partial charge is 0.138 e. The largest absolute Gasteiger partial charge is 0.457 e. The van der Waals surface area contributed by atoms with Crippen molar-refractivity contribution in [1.82, 2.24) is 0 Å². The van der Waals surface area contributed by atoms with Crippen LogP contribution in [0.25, 0.3) is 11.1 Å². The molecule has 0 aliphatic rings. The summed E-state index contributed by atoms with van der Waals surface area (Å²) in [7, 11) is 3.29. The summed E-state index contributed by atoms with van der Waals surface area (Å²) in [6.45, 7) is 2.61. The van der Waals surface area contributed by atoms with Crippen molar-refractivity contribution in [3.05, 3.63) is 101 Å². The number of aryl methyl sites for hydroxylation is 1. The topological polar surface area (TPSA) is 103 Å². The summed E-state index contributed by atoms with van der Waals surface area (Å²) in [5.74, 6) is 2.69. The van der Waals surface area contributed by atoms with Gasteiger partial charge in [0.05, 0.1) is 13.2 Å².